The molecular weight excluding hydrogens is 498 g/mol. The summed E-state index contributed by atoms with van der Waals surface area (Å²) in [6.07, 6.45) is 5.14. The Hall–Kier alpha value is -3.14. The summed E-state index contributed by atoms with van der Waals surface area (Å²) in [5.74, 6) is 1.05. The van der Waals surface area contributed by atoms with Crippen molar-refractivity contribution >= 4 is 28.7 Å². The minimum absolute atomic E-state index is 0.0683. The van der Waals surface area contributed by atoms with Crippen molar-refractivity contribution in [3.05, 3.63) is 59.1 Å². The van der Waals surface area contributed by atoms with E-state index in [1.807, 2.05) is 30.3 Å². The molecule has 3 fully saturated rings. The Morgan fingerprint density at radius 1 is 0.974 bits per heavy atom. The van der Waals surface area contributed by atoms with E-state index in [1.54, 1.807) is 18.2 Å². The molecule has 2 aromatic carbocycles. The number of hydrogen-bond donors (Lipinski definition) is 1. The van der Waals surface area contributed by atoms with Crippen LogP contribution in [0, 0.1) is 5.92 Å². The van der Waals surface area contributed by atoms with Gasteiger partial charge in [-0.15, -0.1) is 10.2 Å². The monoisotopic (exact) mass is 531 g/mol. The van der Waals surface area contributed by atoms with Crippen LogP contribution in [-0.2, 0) is 11.2 Å². The Morgan fingerprint density at radius 2 is 1.76 bits per heavy atom. The maximum absolute atomic E-state index is 13.2. The Labute approximate surface area is 227 Å². The zero-order valence-electron chi connectivity index (χ0n) is 21.5. The first kappa shape index (κ1) is 25.2. The van der Waals surface area contributed by atoms with Crippen LogP contribution in [0.1, 0.15) is 41.0 Å². The lowest BCUT2D eigenvalue weighted by atomic mass is 10.1. The molecule has 1 aliphatic heterocycles. The number of ether oxygens (including phenoxy) is 1. The van der Waals surface area contributed by atoms with Crippen LogP contribution < -0.4 is 10.1 Å². The average molecular weight is 532 g/mol. The number of anilines is 1. The number of piperazine rings is 1. The molecule has 1 saturated heterocycles. The van der Waals surface area contributed by atoms with Crippen LogP contribution in [0.2, 0.25) is 0 Å². The van der Waals surface area contributed by atoms with Crippen molar-refractivity contribution in [2.75, 3.05) is 44.6 Å². The van der Waals surface area contributed by atoms with Crippen LogP contribution in [0.4, 0.5) is 5.69 Å². The molecule has 0 unspecified atom stereocenters. The summed E-state index contributed by atoms with van der Waals surface area (Å²) in [5, 5.41) is 13.0. The van der Waals surface area contributed by atoms with Gasteiger partial charge in [0.15, 0.2) is 5.78 Å². The van der Waals surface area contributed by atoms with Gasteiger partial charge >= 0.3 is 0 Å². The molecule has 0 bridgehead atoms. The van der Waals surface area contributed by atoms with Crippen molar-refractivity contribution in [2.45, 2.75) is 38.1 Å². The van der Waals surface area contributed by atoms with Gasteiger partial charge in [-0.2, -0.15) is 0 Å². The van der Waals surface area contributed by atoms with Gasteiger partial charge in [0.2, 0.25) is 5.91 Å². The topological polar surface area (TPSA) is 87.7 Å². The van der Waals surface area contributed by atoms with E-state index < -0.39 is 0 Å². The Balaban J connectivity index is 1.11. The largest absolute Gasteiger partial charge is 0.491 e. The molecule has 3 aromatic rings. The average Bonchev–Trinajstić information content (AvgIpc) is 3.88. The second-order valence-electron chi connectivity index (χ2n) is 10.5. The summed E-state index contributed by atoms with van der Waals surface area (Å²) in [4.78, 5) is 30.9. The number of amides is 1. The molecule has 0 atom stereocenters. The van der Waals surface area contributed by atoms with Gasteiger partial charge in [0.1, 0.15) is 15.8 Å². The molecule has 1 N–H and O–H groups in total. The van der Waals surface area contributed by atoms with Crippen LogP contribution in [0.15, 0.2) is 48.5 Å². The summed E-state index contributed by atoms with van der Waals surface area (Å²) >= 11 is 1.42. The fourth-order valence-electron chi connectivity index (χ4n) is 4.80. The van der Waals surface area contributed by atoms with Crippen molar-refractivity contribution in [2.24, 2.45) is 5.92 Å². The molecule has 198 valence electrons. The first-order valence-electron chi connectivity index (χ1n) is 13.5. The fraction of sp³-hybridized carbons (Fsp3) is 0.448. The minimum atomic E-state index is -0.0811. The number of carbonyl (C=O) groups excluding carboxylic acids is 2. The van der Waals surface area contributed by atoms with E-state index in [4.69, 9.17) is 4.74 Å². The summed E-state index contributed by atoms with van der Waals surface area (Å²) in [6.45, 7) is 4.82. The first-order valence-corrected chi connectivity index (χ1v) is 14.4. The molecule has 3 aliphatic rings. The highest BCUT2D eigenvalue weighted by molar-refractivity contribution is 7.14. The van der Waals surface area contributed by atoms with E-state index in [2.05, 4.69) is 25.3 Å². The number of benzene rings is 2. The molecule has 2 aliphatic carbocycles. The second kappa shape index (κ2) is 11.3. The van der Waals surface area contributed by atoms with Crippen molar-refractivity contribution in [1.82, 2.24) is 20.0 Å². The van der Waals surface area contributed by atoms with Crippen LogP contribution in [0.3, 0.4) is 0 Å². The molecule has 1 amide bonds. The fourth-order valence-corrected chi connectivity index (χ4v) is 5.64. The maximum Gasteiger partial charge on any atom is 0.238 e. The van der Waals surface area contributed by atoms with E-state index in [1.165, 1.54) is 37.0 Å². The number of hydrogen-bond acceptors (Lipinski definition) is 8. The van der Waals surface area contributed by atoms with Gasteiger partial charge in [-0.05, 0) is 49.8 Å². The quantitative estimate of drug-likeness (QED) is 0.372. The zero-order chi connectivity index (χ0) is 25.9. The summed E-state index contributed by atoms with van der Waals surface area (Å²) in [5.41, 5.74) is 2.06. The highest BCUT2D eigenvalue weighted by atomic mass is 32.1. The minimum Gasteiger partial charge on any atom is -0.491 e. The Morgan fingerprint density at radius 3 is 2.50 bits per heavy atom. The molecule has 8 nitrogen and oxygen atoms in total. The maximum atomic E-state index is 13.2. The molecular formula is C29H33N5O3S. The van der Waals surface area contributed by atoms with E-state index in [0.29, 0.717) is 41.1 Å². The number of nitrogens with zero attached hydrogens (tertiary/aromatic N) is 4. The first-order chi connectivity index (χ1) is 18.6. The third-order valence-corrected chi connectivity index (χ3v) is 8.36. The highest BCUT2D eigenvalue weighted by Crippen LogP contribution is 2.33. The van der Waals surface area contributed by atoms with Gasteiger partial charge in [0.25, 0.3) is 0 Å². The summed E-state index contributed by atoms with van der Waals surface area (Å²) in [6, 6.07) is 15.9. The Bertz CT molecular complexity index is 1280. The van der Waals surface area contributed by atoms with Crippen molar-refractivity contribution in [1.29, 1.82) is 0 Å². The summed E-state index contributed by atoms with van der Waals surface area (Å²) < 4.78 is 6.04. The van der Waals surface area contributed by atoms with Gasteiger partial charge in [0, 0.05) is 43.3 Å². The van der Waals surface area contributed by atoms with Gasteiger partial charge in [0.05, 0.1) is 25.3 Å². The van der Waals surface area contributed by atoms with Crippen molar-refractivity contribution in [3.8, 4) is 16.3 Å². The third kappa shape index (κ3) is 6.46. The molecule has 1 aromatic heterocycles. The second-order valence-corrected chi connectivity index (χ2v) is 11.6. The van der Waals surface area contributed by atoms with Crippen molar-refractivity contribution < 1.29 is 14.3 Å². The van der Waals surface area contributed by atoms with Crippen LogP contribution in [0.5, 0.6) is 5.75 Å². The lowest BCUT2D eigenvalue weighted by Gasteiger charge is -2.34. The number of rotatable bonds is 11. The smallest absolute Gasteiger partial charge is 0.238 e. The van der Waals surface area contributed by atoms with Gasteiger partial charge in [-0.25, -0.2) is 0 Å². The van der Waals surface area contributed by atoms with Gasteiger partial charge < -0.3 is 10.1 Å². The van der Waals surface area contributed by atoms with E-state index in [-0.39, 0.29) is 18.1 Å². The van der Waals surface area contributed by atoms with E-state index >= 15 is 0 Å². The third-order valence-electron chi connectivity index (χ3n) is 7.38. The lowest BCUT2D eigenvalue weighted by molar-refractivity contribution is -0.117. The van der Waals surface area contributed by atoms with E-state index in [9.17, 15) is 9.59 Å². The van der Waals surface area contributed by atoms with E-state index in [0.717, 1.165) is 42.8 Å². The van der Waals surface area contributed by atoms with Crippen molar-refractivity contribution in [3.63, 3.8) is 0 Å². The number of nitrogens with one attached hydrogen (secondary N) is 1. The summed E-state index contributed by atoms with van der Waals surface area (Å²) in [7, 11) is 0. The molecule has 0 spiro atoms. The van der Waals surface area contributed by atoms with Crippen LogP contribution in [0.25, 0.3) is 10.6 Å². The zero-order valence-corrected chi connectivity index (χ0v) is 22.3. The SMILES string of the molecule is O=C(CN1CCN(C2CC2)CC1)Nc1cc(C(=O)Cc2nnc(-c3ccccc3)s2)ccc1OCC1CC1. The lowest BCUT2D eigenvalue weighted by Crippen LogP contribution is -2.49. The molecule has 6 rings (SSSR count). The molecule has 0 radical (unpaired) electrons. The predicted molar refractivity (Wildman–Crippen MR) is 148 cm³/mol. The standard InChI is InChI=1S/C29H33N5O3S/c35-25(17-28-31-32-29(38-28)21-4-2-1-3-5-21)22-8-11-26(37-19-20-6-7-20)24(16-22)30-27(36)18-33-12-14-34(15-13-33)23-9-10-23/h1-5,8,11,16,20,23H,6-7,9-10,12-15,17-19H2,(H,30,36). The number of aromatic nitrogens is 2. The molecule has 9 heteroatoms. The molecule has 38 heavy (non-hydrogen) atoms. The van der Waals surface area contributed by atoms with Crippen LogP contribution >= 0.6 is 11.3 Å². The normalized spacial score (nSPS) is 18.3. The van der Waals surface area contributed by atoms with Gasteiger partial charge in [-0.3, -0.25) is 19.4 Å². The highest BCUT2D eigenvalue weighted by Gasteiger charge is 2.31. The Kier molecular flexibility index (Phi) is 7.49. The molecule has 2 saturated carbocycles. The molecule has 2 heterocycles. The number of ketones is 1. The number of carbonyl (C=O) groups is 2. The number of Topliss-reactive ketones (excluding diaryl/α,β-unsaturated/α-hetero) is 1. The predicted octanol–water partition coefficient (Wildman–Crippen LogP) is 4.14. The van der Waals surface area contributed by atoms with Gasteiger partial charge in [-0.1, -0.05) is 41.7 Å². The van der Waals surface area contributed by atoms with Crippen LogP contribution in [-0.4, -0.2) is 77.1 Å².